The normalized spacial score (nSPS) is 13.7. The second-order valence-corrected chi connectivity index (χ2v) is 8.98. The summed E-state index contributed by atoms with van der Waals surface area (Å²) < 4.78 is 37.7. The summed E-state index contributed by atoms with van der Waals surface area (Å²) in [7, 11) is 1.63. The fourth-order valence-electron chi connectivity index (χ4n) is 4.82. The number of aromatic nitrogens is 4. The van der Waals surface area contributed by atoms with Crippen molar-refractivity contribution in [3.63, 3.8) is 0 Å². The first kappa shape index (κ1) is 22.1. The zero-order valence-electron chi connectivity index (χ0n) is 19.7. The maximum Gasteiger partial charge on any atom is 0.162 e. The van der Waals surface area contributed by atoms with Crippen molar-refractivity contribution < 1.29 is 13.5 Å². The monoisotopic (exact) mass is 461 g/mol. The van der Waals surface area contributed by atoms with Crippen LogP contribution in [-0.2, 0) is 16.7 Å². The summed E-state index contributed by atoms with van der Waals surface area (Å²) in [5.74, 6) is 6.36. The number of rotatable bonds is 4. The van der Waals surface area contributed by atoms with Crippen molar-refractivity contribution in [3.8, 4) is 28.7 Å². The van der Waals surface area contributed by atoms with Crippen molar-refractivity contribution in [2.45, 2.75) is 39.7 Å². The first-order chi connectivity index (χ1) is 16.3. The van der Waals surface area contributed by atoms with Crippen molar-refractivity contribution in [1.82, 2.24) is 19.7 Å². The van der Waals surface area contributed by atoms with Gasteiger partial charge in [-0.3, -0.25) is 4.57 Å². The van der Waals surface area contributed by atoms with Gasteiger partial charge >= 0.3 is 0 Å². The fourth-order valence-corrected chi connectivity index (χ4v) is 4.82. The van der Waals surface area contributed by atoms with E-state index >= 15 is 4.39 Å². The lowest BCUT2D eigenvalue weighted by molar-refractivity contribution is 0.200. The Morgan fingerprint density at radius 1 is 1.18 bits per heavy atom. The molecule has 0 unspecified atom stereocenters. The summed E-state index contributed by atoms with van der Waals surface area (Å²) in [4.78, 5) is 3.17. The average molecular weight is 462 g/mol. The zero-order chi connectivity index (χ0) is 24.2. The average Bonchev–Trinajstić information content (AvgIpc) is 3.37. The highest BCUT2D eigenvalue weighted by Gasteiger charge is 2.37. The zero-order valence-corrected chi connectivity index (χ0v) is 19.7. The van der Waals surface area contributed by atoms with Crippen LogP contribution in [0.2, 0.25) is 0 Å². The van der Waals surface area contributed by atoms with Gasteiger partial charge in [-0.05, 0) is 51.5 Å². The van der Waals surface area contributed by atoms with E-state index in [4.69, 9.17) is 4.74 Å². The van der Waals surface area contributed by atoms with E-state index in [0.29, 0.717) is 51.9 Å². The Bertz CT molecular complexity index is 1500. The van der Waals surface area contributed by atoms with E-state index < -0.39 is 17.2 Å². The summed E-state index contributed by atoms with van der Waals surface area (Å²) in [6, 6.07) is 4.25. The van der Waals surface area contributed by atoms with Crippen LogP contribution in [0.25, 0.3) is 27.7 Å². The van der Waals surface area contributed by atoms with E-state index in [-0.39, 0.29) is 0 Å². The Morgan fingerprint density at radius 2 is 1.97 bits per heavy atom. The Morgan fingerprint density at radius 3 is 2.71 bits per heavy atom. The molecule has 1 aliphatic heterocycles. The minimum Gasteiger partial charge on any atom is -0.384 e. The molecule has 4 aromatic rings. The smallest absolute Gasteiger partial charge is 0.162 e. The van der Waals surface area contributed by atoms with Gasteiger partial charge in [0.1, 0.15) is 17.5 Å². The van der Waals surface area contributed by atoms with Crippen LogP contribution in [0.5, 0.6) is 0 Å². The van der Waals surface area contributed by atoms with Crippen LogP contribution in [0.4, 0.5) is 14.5 Å². The van der Waals surface area contributed by atoms with Crippen LogP contribution in [0.1, 0.15) is 43.5 Å². The Kier molecular flexibility index (Phi) is 5.18. The largest absolute Gasteiger partial charge is 0.384 e. The van der Waals surface area contributed by atoms with Gasteiger partial charge in [0.2, 0.25) is 0 Å². The highest BCUT2D eigenvalue weighted by Crippen LogP contribution is 2.44. The third-order valence-corrected chi connectivity index (χ3v) is 6.27. The number of aromatic amines is 1. The molecule has 0 spiro atoms. The Balaban J connectivity index is 1.81. The van der Waals surface area contributed by atoms with Gasteiger partial charge in [-0.2, -0.15) is 0 Å². The highest BCUT2D eigenvalue weighted by molar-refractivity contribution is 5.99. The predicted molar refractivity (Wildman–Crippen MR) is 128 cm³/mol. The molecule has 2 aromatic carbocycles. The number of methoxy groups -OCH3 is 1. The van der Waals surface area contributed by atoms with E-state index in [2.05, 4.69) is 32.3 Å². The van der Waals surface area contributed by atoms with Gasteiger partial charge in [-0.25, -0.2) is 8.78 Å². The summed E-state index contributed by atoms with van der Waals surface area (Å²) in [6.07, 6.45) is 2.27. The summed E-state index contributed by atoms with van der Waals surface area (Å²) in [5, 5.41) is 12.8. The number of ether oxygens (including phenoxy) is 1. The van der Waals surface area contributed by atoms with Crippen LogP contribution in [0.3, 0.4) is 0 Å². The van der Waals surface area contributed by atoms with Gasteiger partial charge in [0.15, 0.2) is 5.82 Å². The molecule has 0 amide bonds. The van der Waals surface area contributed by atoms with Crippen molar-refractivity contribution in [3.05, 3.63) is 58.8 Å². The summed E-state index contributed by atoms with van der Waals surface area (Å²) in [5.41, 5.74) is 3.53. The molecule has 0 fully saturated rings. The lowest BCUT2D eigenvalue weighted by atomic mass is 9.92. The molecule has 3 heterocycles. The number of halogens is 2. The molecule has 0 aliphatic carbocycles. The predicted octanol–water partition coefficient (Wildman–Crippen LogP) is 5.22. The number of nitrogens with one attached hydrogen (secondary N) is 2. The van der Waals surface area contributed by atoms with Crippen LogP contribution >= 0.6 is 0 Å². The van der Waals surface area contributed by atoms with Gasteiger partial charge < -0.3 is 15.0 Å². The minimum atomic E-state index is -0.564. The van der Waals surface area contributed by atoms with Gasteiger partial charge in [-0.15, -0.1) is 16.1 Å². The van der Waals surface area contributed by atoms with Crippen molar-refractivity contribution in [1.29, 1.82) is 0 Å². The van der Waals surface area contributed by atoms with Gasteiger partial charge in [-0.1, -0.05) is 5.92 Å². The summed E-state index contributed by atoms with van der Waals surface area (Å²) >= 11 is 0. The molecular weight excluding hydrogens is 436 g/mol. The van der Waals surface area contributed by atoms with E-state index in [0.717, 1.165) is 17.3 Å². The molecule has 2 aromatic heterocycles. The second-order valence-electron chi connectivity index (χ2n) is 8.98. The molecule has 34 heavy (non-hydrogen) atoms. The molecule has 0 saturated carbocycles. The number of fused-ring (bicyclic) bond motifs is 4. The Hall–Kier alpha value is -3.70. The van der Waals surface area contributed by atoms with Crippen molar-refractivity contribution in [2.75, 3.05) is 19.0 Å². The molecule has 8 heteroatoms. The highest BCUT2D eigenvalue weighted by atomic mass is 19.1. The van der Waals surface area contributed by atoms with E-state index in [1.165, 1.54) is 18.2 Å². The maximum atomic E-state index is 15.7. The molecule has 0 saturated heterocycles. The van der Waals surface area contributed by atoms with E-state index in [9.17, 15) is 4.39 Å². The van der Waals surface area contributed by atoms with Crippen LogP contribution in [0.15, 0.2) is 24.4 Å². The third kappa shape index (κ3) is 3.27. The molecule has 6 nitrogen and oxygen atoms in total. The first-order valence-electron chi connectivity index (χ1n) is 11.1. The van der Waals surface area contributed by atoms with Crippen LogP contribution < -0.4 is 5.32 Å². The lowest BCUT2D eigenvalue weighted by Crippen LogP contribution is -2.36. The maximum absolute atomic E-state index is 15.7. The third-order valence-electron chi connectivity index (χ3n) is 6.27. The number of benzene rings is 2. The van der Waals surface area contributed by atoms with Gasteiger partial charge in [0.05, 0.1) is 29.0 Å². The number of H-pyrrole nitrogens is 1. The number of anilines is 1. The van der Waals surface area contributed by atoms with E-state index in [1.807, 2.05) is 25.3 Å². The number of nitrogens with zero attached hydrogens (tertiary/aromatic N) is 3. The van der Waals surface area contributed by atoms with Crippen LogP contribution in [-0.4, -0.2) is 33.5 Å². The molecular formula is C26H25F2N5O. The SMILES string of the molecule is CC#Cc1c[nH]c2c(-c3c(F)cc4c(c3C)-n3c(CCOC)nnc3C(C)(C)N4)cc(F)cc12. The van der Waals surface area contributed by atoms with Crippen molar-refractivity contribution in [2.24, 2.45) is 0 Å². The van der Waals surface area contributed by atoms with Crippen molar-refractivity contribution >= 4 is 16.6 Å². The van der Waals surface area contributed by atoms with Gasteiger partial charge in [0, 0.05) is 41.8 Å². The Labute approximate surface area is 196 Å². The molecule has 5 rings (SSSR count). The topological polar surface area (TPSA) is 67.8 Å². The molecule has 0 radical (unpaired) electrons. The number of hydrogen-bond donors (Lipinski definition) is 2. The molecule has 1 aliphatic rings. The van der Waals surface area contributed by atoms with E-state index in [1.54, 1.807) is 20.2 Å². The molecule has 2 N–H and O–H groups in total. The minimum absolute atomic E-state index is 0.319. The second kappa shape index (κ2) is 7.96. The molecule has 0 atom stereocenters. The molecule has 0 bridgehead atoms. The standard InChI is InChI=1S/C26H25F2N5O/c1-6-7-15-13-29-23-17(15)10-16(27)11-18(23)22-14(2)24-20(12-19(22)28)30-26(3,4)25-32-31-21(33(24)25)8-9-34-5/h10-13,29-30H,8-9H2,1-5H3. The lowest BCUT2D eigenvalue weighted by Gasteiger charge is -2.35. The van der Waals surface area contributed by atoms with Gasteiger partial charge in [0.25, 0.3) is 0 Å². The fraction of sp³-hybridized carbons (Fsp3) is 0.308. The quantitative estimate of drug-likeness (QED) is 0.409. The first-order valence-corrected chi connectivity index (χ1v) is 11.1. The summed E-state index contributed by atoms with van der Waals surface area (Å²) in [6.45, 7) is 7.99. The van der Waals surface area contributed by atoms with Crippen LogP contribution in [0, 0.1) is 30.4 Å². The molecule has 174 valence electrons. The number of hydrogen-bond acceptors (Lipinski definition) is 4.